The molecule has 2 aromatic heterocycles. The van der Waals surface area contributed by atoms with Crippen LogP contribution in [0.5, 0.6) is 0 Å². The number of H-pyrrole nitrogens is 1. The highest BCUT2D eigenvalue weighted by Gasteiger charge is 2.36. The smallest absolute Gasteiger partial charge is 0.379 e. The number of nitrogens with one attached hydrogen (secondary N) is 2. The van der Waals surface area contributed by atoms with Crippen LogP contribution in [0.1, 0.15) is 59.9 Å². The average Bonchev–Trinajstić information content (AvgIpc) is 3.43. The van der Waals surface area contributed by atoms with Crippen LogP contribution in [-0.4, -0.2) is 66.3 Å². The summed E-state index contributed by atoms with van der Waals surface area (Å²) in [5.74, 6) is 0.313. The molecule has 1 fully saturated rings. The maximum absolute atomic E-state index is 14.2. The number of morpholine rings is 1. The number of fused-ring (bicyclic) bond motifs is 1. The summed E-state index contributed by atoms with van der Waals surface area (Å²) in [7, 11) is 0. The van der Waals surface area contributed by atoms with Crippen LogP contribution in [-0.2, 0) is 17.5 Å². The van der Waals surface area contributed by atoms with Crippen molar-refractivity contribution < 1.29 is 22.7 Å². The van der Waals surface area contributed by atoms with Gasteiger partial charge in [-0.2, -0.15) is 18.4 Å². The summed E-state index contributed by atoms with van der Waals surface area (Å²) in [6.07, 6.45) is -4.83. The number of ether oxygens (including phenoxy) is 1. The highest BCUT2D eigenvalue weighted by Crippen LogP contribution is 2.37. The maximum atomic E-state index is 14.2. The van der Waals surface area contributed by atoms with Crippen molar-refractivity contribution in [3.05, 3.63) is 75.1 Å². The summed E-state index contributed by atoms with van der Waals surface area (Å²) in [5.41, 5.74) is -0.606. The Bertz CT molecular complexity index is 1610. The van der Waals surface area contributed by atoms with Gasteiger partial charge >= 0.3 is 6.18 Å². The van der Waals surface area contributed by atoms with Gasteiger partial charge in [0.15, 0.2) is 5.82 Å². The predicted octanol–water partition coefficient (Wildman–Crippen LogP) is 3.71. The van der Waals surface area contributed by atoms with Gasteiger partial charge < -0.3 is 15.0 Å². The number of nitrogens with zero attached hydrogens (tertiary/aromatic N) is 6. The molecule has 2 N–H and O–H groups in total. The fourth-order valence-corrected chi connectivity index (χ4v) is 5.14. The van der Waals surface area contributed by atoms with Crippen LogP contribution < -0.4 is 10.9 Å². The van der Waals surface area contributed by atoms with E-state index in [9.17, 15) is 22.8 Å². The third-order valence-corrected chi connectivity index (χ3v) is 7.00. The number of hydrogen-bond acceptors (Lipinski definition) is 8. The number of tetrazole rings is 1. The Morgan fingerprint density at radius 2 is 1.85 bits per heavy atom. The van der Waals surface area contributed by atoms with Crippen molar-refractivity contribution >= 4 is 22.5 Å². The van der Waals surface area contributed by atoms with Gasteiger partial charge in [-0.15, -0.1) is 10.2 Å². The number of anilines is 1. The van der Waals surface area contributed by atoms with E-state index >= 15 is 0 Å². The van der Waals surface area contributed by atoms with Gasteiger partial charge in [-0.05, 0) is 69.7 Å². The number of halogens is 3. The molecule has 3 atom stereocenters. The summed E-state index contributed by atoms with van der Waals surface area (Å²) in [4.78, 5) is 32.3. The number of benzene rings is 2. The topological polar surface area (TPSA) is 131 Å². The van der Waals surface area contributed by atoms with Gasteiger partial charge in [0.1, 0.15) is 5.82 Å². The summed E-state index contributed by atoms with van der Waals surface area (Å²) in [6.45, 7) is 7.84. The minimum absolute atomic E-state index is 0.0330. The van der Waals surface area contributed by atoms with Gasteiger partial charge in [0.2, 0.25) is 0 Å². The Labute approximate surface area is 232 Å². The molecule has 1 aliphatic rings. The fraction of sp³-hybridized carbons (Fsp3) is 0.407. The van der Waals surface area contributed by atoms with Crippen molar-refractivity contribution in [2.75, 3.05) is 18.4 Å². The van der Waals surface area contributed by atoms with E-state index in [0.29, 0.717) is 24.3 Å². The zero-order valence-corrected chi connectivity index (χ0v) is 22.9. The van der Waals surface area contributed by atoms with E-state index in [1.165, 1.54) is 17.6 Å². The lowest BCUT2D eigenvalue weighted by molar-refractivity contribution is -0.138. The van der Waals surface area contributed by atoms with Crippen LogP contribution in [0.15, 0.2) is 41.2 Å². The standard InChI is InChI=1S/C27H29F3N8O3/c1-14-11-37(12-15(2)41-14)25(39)18-5-7-19(8-6-18)31-16(3)20-9-21-23(10-22(20)27(28,29)30)32-17(4)38(26(21)40)13-24-33-35-36-34-24/h5-10,14-16,31H,11-13H2,1-4H3,(H,33,34,35,36). The zero-order chi connectivity index (χ0) is 29.5. The molecule has 5 rings (SSSR count). The zero-order valence-electron chi connectivity index (χ0n) is 22.9. The highest BCUT2D eigenvalue weighted by atomic mass is 19.4. The molecule has 0 aliphatic carbocycles. The first-order valence-electron chi connectivity index (χ1n) is 13.1. The molecule has 3 unspecified atom stereocenters. The third-order valence-electron chi connectivity index (χ3n) is 7.00. The van der Waals surface area contributed by atoms with E-state index in [0.717, 1.165) is 6.07 Å². The summed E-state index contributed by atoms with van der Waals surface area (Å²) < 4.78 is 49.5. The van der Waals surface area contributed by atoms with E-state index < -0.39 is 23.3 Å². The summed E-state index contributed by atoms with van der Waals surface area (Å²) >= 11 is 0. The first-order valence-corrected chi connectivity index (χ1v) is 13.1. The molecule has 1 aliphatic heterocycles. The highest BCUT2D eigenvalue weighted by molar-refractivity contribution is 5.94. The van der Waals surface area contributed by atoms with Gasteiger partial charge in [0.25, 0.3) is 11.5 Å². The Morgan fingerprint density at radius 1 is 1.17 bits per heavy atom. The van der Waals surface area contributed by atoms with E-state index in [4.69, 9.17) is 4.74 Å². The number of hydrogen-bond donors (Lipinski definition) is 2. The molecule has 0 bridgehead atoms. The van der Waals surface area contributed by atoms with Gasteiger partial charge in [0, 0.05) is 30.4 Å². The van der Waals surface area contributed by atoms with E-state index in [1.807, 2.05) is 13.8 Å². The second-order valence-electron chi connectivity index (χ2n) is 10.2. The second kappa shape index (κ2) is 10.9. The molecule has 0 radical (unpaired) electrons. The van der Waals surface area contributed by atoms with Crippen molar-refractivity contribution in [2.24, 2.45) is 0 Å². The normalized spacial score (nSPS) is 18.5. The van der Waals surface area contributed by atoms with E-state index in [2.05, 4.69) is 30.9 Å². The number of aryl methyl sites for hydroxylation is 1. The first kappa shape index (κ1) is 28.2. The van der Waals surface area contributed by atoms with Crippen LogP contribution >= 0.6 is 0 Å². The molecule has 0 spiro atoms. The number of carbonyl (C=O) groups excluding carboxylic acids is 1. The molecule has 4 aromatic rings. The molecule has 11 nitrogen and oxygen atoms in total. The van der Waals surface area contributed by atoms with Gasteiger partial charge in [0.05, 0.1) is 35.2 Å². The van der Waals surface area contributed by atoms with Crippen LogP contribution in [0, 0.1) is 6.92 Å². The number of alkyl halides is 3. The number of carbonyl (C=O) groups is 1. The SMILES string of the molecule is Cc1nc2cc(C(F)(F)F)c(C(C)Nc3ccc(C(=O)N4CC(C)OC(C)C4)cc3)cc2c(=O)n1Cc1nn[nH]n1. The lowest BCUT2D eigenvalue weighted by Gasteiger charge is -2.35. The van der Waals surface area contributed by atoms with Crippen LogP contribution in [0.2, 0.25) is 0 Å². The average molecular weight is 571 g/mol. The van der Waals surface area contributed by atoms with Gasteiger partial charge in [-0.1, -0.05) is 5.21 Å². The molecule has 14 heteroatoms. The van der Waals surface area contributed by atoms with Crippen molar-refractivity contribution in [3.63, 3.8) is 0 Å². The van der Waals surface area contributed by atoms with Crippen molar-refractivity contribution in [1.82, 2.24) is 35.1 Å². The Morgan fingerprint density at radius 3 is 2.46 bits per heavy atom. The van der Waals surface area contributed by atoms with Crippen molar-refractivity contribution in [3.8, 4) is 0 Å². The monoisotopic (exact) mass is 570 g/mol. The lowest BCUT2D eigenvalue weighted by Crippen LogP contribution is -2.48. The van der Waals surface area contributed by atoms with Crippen molar-refractivity contribution in [2.45, 2.75) is 58.7 Å². The molecule has 2 aromatic carbocycles. The first-order chi connectivity index (χ1) is 19.4. The molecule has 1 amide bonds. The molecule has 1 saturated heterocycles. The minimum Gasteiger partial charge on any atom is -0.379 e. The summed E-state index contributed by atoms with van der Waals surface area (Å²) in [5, 5.41) is 16.6. The maximum Gasteiger partial charge on any atom is 0.416 e. The largest absolute Gasteiger partial charge is 0.416 e. The van der Waals surface area contributed by atoms with Gasteiger partial charge in [-0.25, -0.2) is 4.98 Å². The fourth-order valence-electron chi connectivity index (χ4n) is 5.14. The lowest BCUT2D eigenvalue weighted by atomic mass is 9.98. The van der Waals surface area contributed by atoms with Gasteiger partial charge in [-0.3, -0.25) is 14.2 Å². The van der Waals surface area contributed by atoms with E-state index in [1.54, 1.807) is 36.1 Å². The van der Waals surface area contributed by atoms with Crippen molar-refractivity contribution in [1.29, 1.82) is 0 Å². The Balaban J connectivity index is 1.44. The molecular weight excluding hydrogens is 541 g/mol. The number of amides is 1. The molecule has 0 saturated carbocycles. The minimum atomic E-state index is -4.68. The number of rotatable bonds is 6. The molecule has 216 valence electrons. The summed E-state index contributed by atoms with van der Waals surface area (Å²) in [6, 6.07) is 7.86. The van der Waals surface area contributed by atoms with Crippen LogP contribution in [0.25, 0.3) is 10.9 Å². The molecular formula is C27H29F3N8O3. The Kier molecular flexibility index (Phi) is 7.51. The molecule has 41 heavy (non-hydrogen) atoms. The van der Waals surface area contributed by atoms with E-state index in [-0.39, 0.29) is 52.8 Å². The molecule has 3 heterocycles. The number of aromatic amines is 1. The number of aromatic nitrogens is 6. The van der Waals surface area contributed by atoms with Crippen LogP contribution in [0.4, 0.5) is 18.9 Å². The quantitative estimate of drug-likeness (QED) is 0.359. The van der Waals surface area contributed by atoms with Crippen LogP contribution in [0.3, 0.4) is 0 Å². The Hall–Kier alpha value is -4.33. The third kappa shape index (κ3) is 5.92. The predicted molar refractivity (Wildman–Crippen MR) is 143 cm³/mol. The second-order valence-corrected chi connectivity index (χ2v) is 10.2.